The average Bonchev–Trinajstić information content (AvgIpc) is 2.62. The number of pyridine rings is 1. The number of oxazole rings is 1. The van der Waals surface area contributed by atoms with E-state index in [0.717, 1.165) is 11.5 Å². The molecule has 2 heterocycles. The van der Waals surface area contributed by atoms with Gasteiger partial charge >= 0.3 is 0 Å². The molecule has 2 aromatic rings. The number of aryl methyl sites for hydroxylation is 2. The molecule has 0 aliphatic carbocycles. The molecule has 0 amide bonds. The van der Waals surface area contributed by atoms with Crippen molar-refractivity contribution < 1.29 is 4.42 Å². The normalized spacial score (nSPS) is 10.7. The second kappa shape index (κ2) is 5.38. The van der Waals surface area contributed by atoms with Gasteiger partial charge in [0.25, 0.3) is 5.22 Å². The zero-order chi connectivity index (χ0) is 13.3. The highest BCUT2D eigenvalue weighted by molar-refractivity contribution is 7.99. The summed E-state index contributed by atoms with van der Waals surface area (Å²) in [6.07, 6.45) is 0. The monoisotopic (exact) mass is 303 g/mol. The van der Waals surface area contributed by atoms with Crippen molar-refractivity contribution in [2.45, 2.75) is 24.1 Å². The molecule has 0 aliphatic rings. The van der Waals surface area contributed by atoms with E-state index in [4.69, 9.17) is 27.6 Å². The summed E-state index contributed by atoms with van der Waals surface area (Å²) in [5, 5.41) is 4.97. The van der Waals surface area contributed by atoms with Gasteiger partial charge in [-0.1, -0.05) is 23.2 Å². The number of anilines is 1. The molecule has 2 rings (SSSR count). The summed E-state index contributed by atoms with van der Waals surface area (Å²) in [4.78, 5) is 8.58. The van der Waals surface area contributed by atoms with E-state index in [1.165, 1.54) is 11.8 Å². The fraction of sp³-hybridized carbons (Fsp3) is 0.273. The summed E-state index contributed by atoms with van der Waals surface area (Å²) in [7, 11) is 1.75. The lowest BCUT2D eigenvalue weighted by atomic mass is 10.4. The quantitative estimate of drug-likeness (QED) is 0.921. The van der Waals surface area contributed by atoms with E-state index in [0.29, 0.717) is 26.1 Å². The number of nitrogens with one attached hydrogen (secondary N) is 1. The smallest absolute Gasteiger partial charge is 0.262 e. The summed E-state index contributed by atoms with van der Waals surface area (Å²) in [5.41, 5.74) is 0.858. The van der Waals surface area contributed by atoms with E-state index < -0.39 is 0 Å². The van der Waals surface area contributed by atoms with Gasteiger partial charge in [0, 0.05) is 7.05 Å². The number of nitrogens with zero attached hydrogens (tertiary/aromatic N) is 2. The van der Waals surface area contributed by atoms with Crippen LogP contribution in [0.2, 0.25) is 10.0 Å². The first-order valence-electron chi connectivity index (χ1n) is 5.17. The van der Waals surface area contributed by atoms with Crippen molar-refractivity contribution in [3.05, 3.63) is 27.6 Å². The maximum Gasteiger partial charge on any atom is 0.262 e. The van der Waals surface area contributed by atoms with Crippen LogP contribution in [0.3, 0.4) is 0 Å². The van der Waals surface area contributed by atoms with Gasteiger partial charge in [-0.05, 0) is 31.7 Å². The van der Waals surface area contributed by atoms with E-state index in [9.17, 15) is 0 Å². The topological polar surface area (TPSA) is 51.0 Å². The summed E-state index contributed by atoms with van der Waals surface area (Å²) < 4.78 is 5.48. The molecule has 0 aromatic carbocycles. The van der Waals surface area contributed by atoms with Crippen LogP contribution in [0.1, 0.15) is 11.5 Å². The third-order valence-electron chi connectivity index (χ3n) is 2.33. The molecule has 4 nitrogen and oxygen atoms in total. The first kappa shape index (κ1) is 13.5. The molecule has 96 valence electrons. The number of hydrogen-bond acceptors (Lipinski definition) is 5. The molecule has 0 saturated heterocycles. The third-order valence-corrected chi connectivity index (χ3v) is 3.87. The van der Waals surface area contributed by atoms with Crippen LogP contribution >= 0.6 is 35.0 Å². The largest absolute Gasteiger partial charge is 0.436 e. The molecule has 0 spiro atoms. The highest BCUT2D eigenvalue weighted by atomic mass is 35.5. The Bertz CT molecular complexity index is 566. The van der Waals surface area contributed by atoms with Crippen molar-refractivity contribution >= 4 is 40.8 Å². The Hall–Kier alpha value is -0.910. The van der Waals surface area contributed by atoms with Crippen LogP contribution in [0.25, 0.3) is 0 Å². The Morgan fingerprint density at radius 3 is 2.50 bits per heavy atom. The van der Waals surface area contributed by atoms with Crippen LogP contribution in [0.5, 0.6) is 0 Å². The number of hydrogen-bond donors (Lipinski definition) is 1. The van der Waals surface area contributed by atoms with Gasteiger partial charge in [-0.3, -0.25) is 0 Å². The fourth-order valence-corrected chi connectivity index (χ4v) is 2.64. The highest BCUT2D eigenvalue weighted by Crippen LogP contribution is 2.35. The fourth-order valence-electron chi connectivity index (χ4n) is 1.27. The van der Waals surface area contributed by atoms with Crippen LogP contribution in [-0.2, 0) is 0 Å². The minimum atomic E-state index is 0.470. The van der Waals surface area contributed by atoms with Crippen molar-refractivity contribution in [3.8, 4) is 0 Å². The number of rotatable bonds is 3. The second-order valence-electron chi connectivity index (χ2n) is 3.58. The van der Waals surface area contributed by atoms with E-state index in [2.05, 4.69) is 15.3 Å². The van der Waals surface area contributed by atoms with E-state index >= 15 is 0 Å². The molecule has 18 heavy (non-hydrogen) atoms. The van der Waals surface area contributed by atoms with Gasteiger partial charge in [-0.15, -0.1) is 0 Å². The van der Waals surface area contributed by atoms with E-state index in [1.54, 1.807) is 13.1 Å². The molecule has 0 aliphatic heterocycles. The first-order valence-corrected chi connectivity index (χ1v) is 6.74. The van der Waals surface area contributed by atoms with Crippen LogP contribution in [0, 0.1) is 13.8 Å². The van der Waals surface area contributed by atoms with Gasteiger partial charge in [0.05, 0.1) is 15.7 Å². The first-order chi connectivity index (χ1) is 8.51. The molecule has 0 saturated carbocycles. The van der Waals surface area contributed by atoms with Crippen molar-refractivity contribution in [2.24, 2.45) is 0 Å². The van der Waals surface area contributed by atoms with Gasteiger partial charge in [0.15, 0.2) is 0 Å². The molecule has 1 N–H and O–H groups in total. The van der Waals surface area contributed by atoms with Gasteiger partial charge in [-0.25, -0.2) is 9.97 Å². The van der Waals surface area contributed by atoms with Crippen molar-refractivity contribution in [3.63, 3.8) is 0 Å². The van der Waals surface area contributed by atoms with E-state index in [1.807, 2.05) is 13.8 Å². The minimum Gasteiger partial charge on any atom is -0.436 e. The van der Waals surface area contributed by atoms with Crippen LogP contribution < -0.4 is 5.32 Å². The molecule has 0 fully saturated rings. The lowest BCUT2D eigenvalue weighted by molar-refractivity contribution is 0.431. The lowest BCUT2D eigenvalue weighted by Crippen LogP contribution is -1.95. The van der Waals surface area contributed by atoms with Crippen LogP contribution in [-0.4, -0.2) is 17.0 Å². The lowest BCUT2D eigenvalue weighted by Gasteiger charge is -2.06. The maximum absolute atomic E-state index is 6.09. The zero-order valence-corrected chi connectivity index (χ0v) is 12.4. The standard InChI is InChI=1S/C11H11Cl2N3OS/c1-5-6(2)17-11(15-5)18-10-8(13)4-7(12)9(14-3)16-10/h4H,1-3H3,(H,14,16). The maximum atomic E-state index is 6.09. The Kier molecular flexibility index (Phi) is 4.04. The zero-order valence-electron chi connectivity index (χ0n) is 10.0. The van der Waals surface area contributed by atoms with Gasteiger partial charge in [-0.2, -0.15) is 0 Å². The summed E-state index contributed by atoms with van der Waals surface area (Å²) in [5.74, 6) is 1.36. The molecular formula is C11H11Cl2N3OS. The Labute approximate surface area is 119 Å². The molecule has 0 unspecified atom stereocenters. The Morgan fingerprint density at radius 2 is 1.94 bits per heavy atom. The molecule has 7 heteroatoms. The minimum absolute atomic E-state index is 0.470. The molecule has 0 atom stereocenters. The van der Waals surface area contributed by atoms with Crippen molar-refractivity contribution in [1.82, 2.24) is 9.97 Å². The average molecular weight is 304 g/mol. The predicted molar refractivity (Wildman–Crippen MR) is 73.9 cm³/mol. The van der Waals surface area contributed by atoms with Gasteiger partial charge in [0.1, 0.15) is 16.6 Å². The summed E-state index contributed by atoms with van der Waals surface area (Å²) in [6, 6.07) is 1.65. The van der Waals surface area contributed by atoms with Crippen molar-refractivity contribution in [1.29, 1.82) is 0 Å². The molecule has 2 aromatic heterocycles. The highest BCUT2D eigenvalue weighted by Gasteiger charge is 2.14. The van der Waals surface area contributed by atoms with Crippen LogP contribution in [0.15, 0.2) is 20.7 Å². The Balaban J connectivity index is 2.33. The second-order valence-corrected chi connectivity index (χ2v) is 5.33. The SMILES string of the molecule is CNc1nc(Sc2nc(C)c(C)o2)c(Cl)cc1Cl. The van der Waals surface area contributed by atoms with E-state index in [-0.39, 0.29) is 0 Å². The molecule has 0 radical (unpaired) electrons. The van der Waals surface area contributed by atoms with Crippen LogP contribution in [0.4, 0.5) is 5.82 Å². The van der Waals surface area contributed by atoms with Gasteiger partial charge < -0.3 is 9.73 Å². The molecule has 0 bridgehead atoms. The Morgan fingerprint density at radius 1 is 1.22 bits per heavy atom. The summed E-state index contributed by atoms with van der Waals surface area (Å²) >= 11 is 13.3. The predicted octanol–water partition coefficient (Wildman–Crippen LogP) is 4.19. The number of aromatic nitrogens is 2. The van der Waals surface area contributed by atoms with Crippen molar-refractivity contribution in [2.75, 3.05) is 12.4 Å². The number of halogens is 2. The summed E-state index contributed by atoms with van der Waals surface area (Å²) in [6.45, 7) is 3.75. The molecular weight excluding hydrogens is 293 g/mol. The third kappa shape index (κ3) is 2.74. The van der Waals surface area contributed by atoms with Gasteiger partial charge in [0.2, 0.25) is 0 Å².